The van der Waals surface area contributed by atoms with Crippen LogP contribution >= 0.6 is 6.64 Å². The fourth-order valence-electron chi connectivity index (χ4n) is 4.28. The maximum atomic E-state index is 15.3. The Morgan fingerprint density at radius 1 is 1.24 bits per heavy atom. The van der Waals surface area contributed by atoms with Crippen molar-refractivity contribution in [2.24, 2.45) is 0 Å². The van der Waals surface area contributed by atoms with Gasteiger partial charge in [-0.3, -0.25) is 9.36 Å². The van der Waals surface area contributed by atoms with Gasteiger partial charge in [-0.25, -0.2) is 23.1 Å². The smallest absolute Gasteiger partial charge is 0.351 e. The number of rotatable bonds is 11. The molecule has 2 heterocycles. The molecule has 228 valence electrons. The number of alkyl halides is 3. The summed E-state index contributed by atoms with van der Waals surface area (Å²) in [6, 6.07) is 12.2. The predicted octanol–water partition coefficient (Wildman–Crippen LogP) is 3.46. The van der Waals surface area contributed by atoms with Crippen molar-refractivity contribution >= 4 is 41.0 Å². The maximum Gasteiger partial charge on any atom is 0.351 e. The number of anilines is 1. The van der Waals surface area contributed by atoms with Crippen LogP contribution in [0.2, 0.25) is 0 Å². The molecule has 1 aromatic heterocycles. The number of esters is 1. The highest BCUT2D eigenvalue weighted by Gasteiger charge is 2.62. The molecule has 4 rings (SSSR count). The fourth-order valence-corrected chi connectivity index (χ4v) is 6.71. The molecular formula is C26H30F3N4O7PS. The molecule has 1 aliphatic rings. The maximum absolute atomic E-state index is 15.3. The van der Waals surface area contributed by atoms with E-state index in [-0.39, 0.29) is 11.6 Å². The summed E-state index contributed by atoms with van der Waals surface area (Å²) >= 11 is 5.65. The molecule has 0 saturated carbocycles. The number of carbonyl (C=O) groups is 1. The van der Waals surface area contributed by atoms with E-state index in [0.717, 1.165) is 17.6 Å². The summed E-state index contributed by atoms with van der Waals surface area (Å²) in [7, 11) is 0. The average molecular weight is 631 g/mol. The molecule has 0 radical (unpaired) electrons. The van der Waals surface area contributed by atoms with E-state index in [1.165, 1.54) is 6.92 Å². The molecular weight excluding hydrogens is 600 g/mol. The summed E-state index contributed by atoms with van der Waals surface area (Å²) in [5, 5.41) is 14.8. The monoisotopic (exact) mass is 630 g/mol. The quantitative estimate of drug-likeness (QED) is 0.211. The van der Waals surface area contributed by atoms with Gasteiger partial charge in [0.05, 0.1) is 12.7 Å². The third-order valence-corrected chi connectivity index (χ3v) is 8.86. The second-order valence-electron chi connectivity index (χ2n) is 9.87. The third-order valence-electron chi connectivity index (χ3n) is 6.40. The number of hydrogen-bond acceptors (Lipinski definition) is 10. The van der Waals surface area contributed by atoms with Crippen molar-refractivity contribution < 1.29 is 41.6 Å². The van der Waals surface area contributed by atoms with Crippen LogP contribution in [0, 0.1) is 0 Å². The third kappa shape index (κ3) is 6.61. The van der Waals surface area contributed by atoms with Gasteiger partial charge >= 0.3 is 18.3 Å². The molecule has 1 fully saturated rings. The largest absolute Gasteiger partial charge is 0.462 e. The highest BCUT2D eigenvalue weighted by atomic mass is 32.5. The van der Waals surface area contributed by atoms with Crippen LogP contribution in [0.4, 0.5) is 19.0 Å². The van der Waals surface area contributed by atoms with E-state index in [1.807, 2.05) is 12.1 Å². The van der Waals surface area contributed by atoms with Crippen molar-refractivity contribution in [3.05, 3.63) is 65.2 Å². The number of nitrogen functional groups attached to an aromatic ring is 1. The van der Waals surface area contributed by atoms with Crippen LogP contribution in [-0.4, -0.2) is 63.7 Å². The first-order chi connectivity index (χ1) is 19.8. The molecule has 0 bridgehead atoms. The Balaban J connectivity index is 1.67. The van der Waals surface area contributed by atoms with Crippen LogP contribution in [0.15, 0.2) is 59.5 Å². The van der Waals surface area contributed by atoms with Gasteiger partial charge in [0.2, 0.25) is 0 Å². The number of aliphatic hydroxyl groups is 1. The first-order valence-electron chi connectivity index (χ1n) is 12.8. The zero-order valence-corrected chi connectivity index (χ0v) is 24.4. The van der Waals surface area contributed by atoms with Crippen LogP contribution in [0.3, 0.4) is 0 Å². The molecule has 0 spiro atoms. The fraction of sp³-hybridized carbons (Fsp3) is 0.423. The molecule has 1 aliphatic heterocycles. The van der Waals surface area contributed by atoms with Gasteiger partial charge in [0.1, 0.15) is 23.7 Å². The number of aromatic nitrogens is 2. The van der Waals surface area contributed by atoms with Crippen molar-refractivity contribution in [1.29, 1.82) is 0 Å². The van der Waals surface area contributed by atoms with Crippen LogP contribution < -0.4 is 21.0 Å². The molecule has 11 nitrogen and oxygen atoms in total. The van der Waals surface area contributed by atoms with E-state index in [1.54, 1.807) is 44.2 Å². The number of fused-ring (bicyclic) bond motifs is 1. The first kappa shape index (κ1) is 31.9. The summed E-state index contributed by atoms with van der Waals surface area (Å²) in [5.74, 6) is -0.687. The second kappa shape index (κ2) is 12.7. The minimum Gasteiger partial charge on any atom is -0.462 e. The SMILES string of the molecule is CC(C)OC(=O)C(C)NP(=S)(OCC1(C(F)F)OC(n2ccc(N)nc2=O)C(F)C1O)Oc1cccc2ccccc12. The van der Waals surface area contributed by atoms with Crippen LogP contribution in [0.5, 0.6) is 5.75 Å². The first-order valence-corrected chi connectivity index (χ1v) is 15.4. The molecule has 0 aliphatic carbocycles. The van der Waals surface area contributed by atoms with Crippen molar-refractivity contribution in [2.45, 2.75) is 63.4 Å². The lowest BCUT2D eigenvalue weighted by Crippen LogP contribution is -2.52. The van der Waals surface area contributed by atoms with Crippen LogP contribution in [-0.2, 0) is 30.6 Å². The van der Waals surface area contributed by atoms with Gasteiger partial charge in [0, 0.05) is 11.6 Å². The number of aliphatic hydroxyl groups excluding tert-OH is 1. The molecule has 1 saturated heterocycles. The summed E-state index contributed by atoms with van der Waals surface area (Å²) in [6.07, 6.45) is -9.91. The topological polar surface area (TPSA) is 147 Å². The van der Waals surface area contributed by atoms with Gasteiger partial charge in [-0.05, 0) is 50.1 Å². The molecule has 0 amide bonds. The van der Waals surface area contributed by atoms with Gasteiger partial charge in [0.25, 0.3) is 6.43 Å². The van der Waals surface area contributed by atoms with Gasteiger partial charge in [-0.1, -0.05) is 36.4 Å². The summed E-state index contributed by atoms with van der Waals surface area (Å²) in [6.45, 7) is -0.434. The van der Waals surface area contributed by atoms with Crippen molar-refractivity contribution in [3.63, 3.8) is 0 Å². The van der Waals surface area contributed by atoms with E-state index in [9.17, 15) is 23.5 Å². The van der Waals surface area contributed by atoms with Gasteiger partial charge in [-0.15, -0.1) is 0 Å². The van der Waals surface area contributed by atoms with E-state index in [0.29, 0.717) is 9.95 Å². The van der Waals surface area contributed by atoms with E-state index < -0.39 is 67.6 Å². The zero-order valence-electron chi connectivity index (χ0n) is 22.7. The Labute approximate surface area is 244 Å². The van der Waals surface area contributed by atoms with Crippen molar-refractivity contribution in [3.8, 4) is 5.75 Å². The predicted molar refractivity (Wildman–Crippen MR) is 151 cm³/mol. The Morgan fingerprint density at radius 3 is 2.60 bits per heavy atom. The lowest BCUT2D eigenvalue weighted by atomic mass is 9.97. The van der Waals surface area contributed by atoms with E-state index in [4.69, 9.17) is 36.1 Å². The number of carbonyl (C=O) groups excluding carboxylic acids is 1. The molecule has 4 N–H and O–H groups in total. The average Bonchev–Trinajstić information content (AvgIpc) is 3.18. The number of nitrogens with two attached hydrogens (primary N) is 1. The highest BCUT2D eigenvalue weighted by molar-refractivity contribution is 8.09. The number of nitrogens with one attached hydrogen (secondary N) is 1. The van der Waals surface area contributed by atoms with Crippen molar-refractivity contribution in [2.75, 3.05) is 12.3 Å². The Kier molecular flexibility index (Phi) is 9.60. The normalized spacial score (nSPS) is 24.5. The summed E-state index contributed by atoms with van der Waals surface area (Å²) in [5.41, 5.74) is 1.40. The molecule has 2 aromatic carbocycles. The molecule has 6 unspecified atom stereocenters. The van der Waals surface area contributed by atoms with E-state index in [2.05, 4.69) is 10.1 Å². The summed E-state index contributed by atoms with van der Waals surface area (Å²) < 4.78 is 67.4. The van der Waals surface area contributed by atoms with Crippen LogP contribution in [0.25, 0.3) is 10.8 Å². The Hall–Kier alpha value is -3.07. The lowest BCUT2D eigenvalue weighted by molar-refractivity contribution is -0.192. The van der Waals surface area contributed by atoms with Crippen molar-refractivity contribution in [1.82, 2.24) is 14.6 Å². The minimum atomic E-state index is -3.95. The molecule has 16 heteroatoms. The standard InChI is InChI=1S/C26H30F3N4O7PS/c1-14(2)38-23(35)15(3)32-41(42,40-18-10-6-8-16-7-4-5-9-17(16)18)37-13-26(24(28)29)21(34)20(27)22(39-26)33-12-11-19(30)31-25(33)36/h4-12,14-15,20-22,24,34H,13H2,1-3H3,(H,32,42)(H2,30,31,36). The number of nitrogens with zero attached hydrogens (tertiary/aromatic N) is 2. The van der Waals surface area contributed by atoms with Gasteiger partial charge < -0.3 is 29.4 Å². The number of ether oxygens (including phenoxy) is 2. The highest BCUT2D eigenvalue weighted by Crippen LogP contribution is 2.50. The second-order valence-corrected chi connectivity index (χ2v) is 13.0. The Bertz CT molecular complexity index is 1540. The van der Waals surface area contributed by atoms with E-state index >= 15 is 4.39 Å². The molecule has 42 heavy (non-hydrogen) atoms. The number of halogens is 3. The molecule has 3 aromatic rings. The van der Waals surface area contributed by atoms with Gasteiger partial charge in [-0.2, -0.15) is 4.98 Å². The number of hydrogen-bond donors (Lipinski definition) is 3. The minimum absolute atomic E-state index is 0.184. The number of benzene rings is 2. The summed E-state index contributed by atoms with van der Waals surface area (Å²) in [4.78, 5) is 28.3. The molecule has 6 atom stereocenters. The zero-order chi connectivity index (χ0) is 30.8. The van der Waals surface area contributed by atoms with Gasteiger partial charge in [0.15, 0.2) is 18.0 Å². The van der Waals surface area contributed by atoms with Crippen LogP contribution in [0.1, 0.15) is 27.0 Å². The lowest BCUT2D eigenvalue weighted by Gasteiger charge is -2.34. The Morgan fingerprint density at radius 2 is 1.93 bits per heavy atom.